The van der Waals surface area contributed by atoms with Gasteiger partial charge in [-0.1, -0.05) is 31.8 Å². The molecule has 0 saturated carbocycles. The third-order valence-electron chi connectivity index (χ3n) is 3.18. The van der Waals surface area contributed by atoms with Crippen molar-refractivity contribution in [1.82, 2.24) is 0 Å². The van der Waals surface area contributed by atoms with E-state index < -0.39 is 8.80 Å². The Kier molecular flexibility index (Phi) is 12.7. The highest BCUT2D eigenvalue weighted by molar-refractivity contribution is 6.60. The highest BCUT2D eigenvalue weighted by atomic mass is 28.4. The molecule has 0 aromatic heterocycles. The Morgan fingerprint density at radius 1 is 0.895 bits per heavy atom. The summed E-state index contributed by atoms with van der Waals surface area (Å²) in [5.74, 6) is 0. The number of rotatable bonds is 14. The molecule has 19 heavy (non-hydrogen) atoms. The molecule has 0 heterocycles. The van der Waals surface area contributed by atoms with E-state index in [9.17, 15) is 0 Å². The fraction of sp³-hybridized carbons (Fsp3) is 0.867. The maximum absolute atomic E-state index is 5.76. The lowest BCUT2D eigenvalue weighted by molar-refractivity contribution is 0.0859. The summed E-state index contributed by atoms with van der Waals surface area (Å²) in [4.78, 5) is 0. The van der Waals surface area contributed by atoms with E-state index in [1.54, 1.807) is 7.11 Å². The van der Waals surface area contributed by atoms with E-state index in [0.717, 1.165) is 18.9 Å². The van der Waals surface area contributed by atoms with Crippen LogP contribution in [0.3, 0.4) is 0 Å². The first-order chi connectivity index (χ1) is 9.24. The van der Waals surface area contributed by atoms with Crippen LogP contribution in [0.25, 0.3) is 0 Å². The van der Waals surface area contributed by atoms with E-state index >= 15 is 0 Å². The normalized spacial score (nSPS) is 11.7. The van der Waals surface area contributed by atoms with Crippen LogP contribution in [-0.4, -0.2) is 29.1 Å². The summed E-state index contributed by atoms with van der Waals surface area (Å²) in [6.45, 7) is 9.08. The lowest BCUT2D eigenvalue weighted by atomic mass is 10.1. The minimum atomic E-state index is -2.36. The van der Waals surface area contributed by atoms with Gasteiger partial charge in [-0.15, -0.1) is 6.58 Å². The molecular formula is C15H32O3Si. The first-order valence-corrected chi connectivity index (χ1v) is 9.61. The van der Waals surface area contributed by atoms with Crippen LogP contribution >= 0.6 is 0 Å². The number of hydrogen-bond acceptors (Lipinski definition) is 3. The van der Waals surface area contributed by atoms with Gasteiger partial charge in [0.25, 0.3) is 0 Å². The predicted molar refractivity (Wildman–Crippen MR) is 83.3 cm³/mol. The van der Waals surface area contributed by atoms with Crippen molar-refractivity contribution in [2.45, 2.75) is 64.8 Å². The van der Waals surface area contributed by atoms with Gasteiger partial charge in [0, 0.05) is 26.4 Å². The zero-order valence-electron chi connectivity index (χ0n) is 13.1. The summed E-state index contributed by atoms with van der Waals surface area (Å²) in [5, 5.41) is 0. The van der Waals surface area contributed by atoms with Crippen molar-refractivity contribution >= 4 is 8.80 Å². The molecule has 0 aliphatic carbocycles. The second kappa shape index (κ2) is 12.8. The van der Waals surface area contributed by atoms with E-state index in [2.05, 4.69) is 6.58 Å². The van der Waals surface area contributed by atoms with Gasteiger partial charge in [-0.2, -0.15) is 0 Å². The number of hydrogen-bond donors (Lipinski definition) is 0. The van der Waals surface area contributed by atoms with Crippen molar-refractivity contribution < 1.29 is 13.3 Å². The predicted octanol–water partition coefficient (Wildman–Crippen LogP) is 4.56. The average Bonchev–Trinajstić information content (AvgIpc) is 2.42. The molecule has 3 nitrogen and oxygen atoms in total. The highest BCUT2D eigenvalue weighted by Crippen LogP contribution is 2.19. The molecule has 0 radical (unpaired) electrons. The minimum absolute atomic E-state index is 0.668. The van der Waals surface area contributed by atoms with Crippen LogP contribution in [0.15, 0.2) is 12.7 Å². The molecular weight excluding hydrogens is 256 g/mol. The van der Waals surface area contributed by atoms with Gasteiger partial charge in [-0.3, -0.25) is 0 Å². The summed E-state index contributed by atoms with van der Waals surface area (Å²) < 4.78 is 17.1. The Labute approximate surface area is 120 Å². The molecule has 4 heteroatoms. The van der Waals surface area contributed by atoms with Crippen LogP contribution < -0.4 is 0 Å². The van der Waals surface area contributed by atoms with Crippen LogP contribution in [0, 0.1) is 0 Å². The quantitative estimate of drug-likeness (QED) is 0.266. The summed E-state index contributed by atoms with van der Waals surface area (Å²) in [5.41, 5.74) is 0. The van der Waals surface area contributed by atoms with Crippen LogP contribution in [-0.2, 0) is 13.3 Å². The molecule has 0 N–H and O–H groups in total. The topological polar surface area (TPSA) is 27.7 Å². The summed E-state index contributed by atoms with van der Waals surface area (Å²) in [6.07, 6.45) is 10.7. The maximum atomic E-state index is 5.76. The molecule has 0 fully saturated rings. The third kappa shape index (κ3) is 9.38. The zero-order valence-corrected chi connectivity index (χ0v) is 14.1. The Morgan fingerprint density at radius 3 is 1.89 bits per heavy atom. The molecule has 0 aliphatic heterocycles. The lowest BCUT2D eigenvalue weighted by Gasteiger charge is -2.27. The zero-order chi connectivity index (χ0) is 14.4. The molecule has 0 unspecified atom stereocenters. The maximum Gasteiger partial charge on any atom is 0.500 e. The van der Waals surface area contributed by atoms with E-state index in [0.29, 0.717) is 13.2 Å². The summed E-state index contributed by atoms with van der Waals surface area (Å²) in [6, 6.07) is 0.942. The molecule has 0 aliphatic rings. The Hall–Kier alpha value is -0.163. The molecule has 0 bridgehead atoms. The third-order valence-corrected chi connectivity index (χ3v) is 6.23. The Morgan fingerprint density at radius 2 is 1.42 bits per heavy atom. The Bertz CT molecular complexity index is 204. The smallest absolute Gasteiger partial charge is 0.377 e. The number of unbranched alkanes of at least 4 members (excludes halogenated alkanes) is 6. The van der Waals surface area contributed by atoms with Gasteiger partial charge in [-0.25, -0.2) is 0 Å². The van der Waals surface area contributed by atoms with Crippen molar-refractivity contribution in [2.24, 2.45) is 0 Å². The van der Waals surface area contributed by atoms with E-state index in [-0.39, 0.29) is 0 Å². The van der Waals surface area contributed by atoms with Gasteiger partial charge < -0.3 is 13.3 Å². The van der Waals surface area contributed by atoms with Crippen molar-refractivity contribution in [3.05, 3.63) is 12.7 Å². The molecule has 0 spiro atoms. The molecule has 0 atom stereocenters. The summed E-state index contributed by atoms with van der Waals surface area (Å²) >= 11 is 0. The van der Waals surface area contributed by atoms with Crippen LogP contribution in [0.1, 0.15) is 58.8 Å². The molecule has 0 aromatic carbocycles. The van der Waals surface area contributed by atoms with E-state index in [1.807, 2.05) is 19.9 Å². The molecule has 0 rings (SSSR count). The fourth-order valence-electron chi connectivity index (χ4n) is 2.18. The molecule has 0 aromatic rings. The van der Waals surface area contributed by atoms with Crippen LogP contribution in [0.2, 0.25) is 6.04 Å². The van der Waals surface area contributed by atoms with Crippen molar-refractivity contribution in [2.75, 3.05) is 20.3 Å². The molecule has 114 valence electrons. The van der Waals surface area contributed by atoms with Crippen molar-refractivity contribution in [1.29, 1.82) is 0 Å². The van der Waals surface area contributed by atoms with Gasteiger partial charge in [0.1, 0.15) is 0 Å². The highest BCUT2D eigenvalue weighted by Gasteiger charge is 2.38. The Balaban J connectivity index is 3.71. The SMILES string of the molecule is C=CCCCCCCCC[Si](OC)(OCC)OCC. The second-order valence-electron chi connectivity index (χ2n) is 4.70. The van der Waals surface area contributed by atoms with Crippen molar-refractivity contribution in [3.8, 4) is 0 Å². The van der Waals surface area contributed by atoms with Gasteiger partial charge in [-0.05, 0) is 33.1 Å². The van der Waals surface area contributed by atoms with Crippen LogP contribution in [0.5, 0.6) is 0 Å². The lowest BCUT2D eigenvalue weighted by Crippen LogP contribution is -2.44. The van der Waals surface area contributed by atoms with Gasteiger partial charge in [0.15, 0.2) is 0 Å². The fourth-order valence-corrected chi connectivity index (χ4v) is 4.56. The van der Waals surface area contributed by atoms with Gasteiger partial charge >= 0.3 is 8.80 Å². The number of allylic oxidation sites excluding steroid dienone is 1. The van der Waals surface area contributed by atoms with Crippen LogP contribution in [0.4, 0.5) is 0 Å². The average molecular weight is 289 g/mol. The standard InChI is InChI=1S/C15H32O3Si/c1-5-8-9-10-11-12-13-14-15-19(16-4,17-6-2)18-7-3/h5H,1,6-15H2,2-4H3. The van der Waals surface area contributed by atoms with E-state index in [1.165, 1.54) is 32.1 Å². The summed E-state index contributed by atoms with van der Waals surface area (Å²) in [7, 11) is -0.649. The molecule has 0 amide bonds. The minimum Gasteiger partial charge on any atom is -0.377 e. The second-order valence-corrected chi connectivity index (χ2v) is 7.55. The van der Waals surface area contributed by atoms with E-state index in [4.69, 9.17) is 13.3 Å². The first-order valence-electron chi connectivity index (χ1n) is 7.68. The molecule has 0 saturated heterocycles. The van der Waals surface area contributed by atoms with Crippen molar-refractivity contribution in [3.63, 3.8) is 0 Å². The largest absolute Gasteiger partial charge is 0.500 e. The van der Waals surface area contributed by atoms with Gasteiger partial charge in [0.05, 0.1) is 0 Å². The monoisotopic (exact) mass is 288 g/mol. The first kappa shape index (κ1) is 18.8. The van der Waals surface area contributed by atoms with Gasteiger partial charge in [0.2, 0.25) is 0 Å².